The summed E-state index contributed by atoms with van der Waals surface area (Å²) in [7, 11) is 0. The highest BCUT2D eigenvalue weighted by atomic mass is 19.4. The lowest BCUT2D eigenvalue weighted by Crippen LogP contribution is -2.47. The Morgan fingerprint density at radius 1 is 1.03 bits per heavy atom. The van der Waals surface area contributed by atoms with Gasteiger partial charge >= 0.3 is 6.18 Å². The molecule has 2 aromatic rings. The standard InChI is InChI=1S/C22H23F3N2O3/c1-14-2-4-16(5-3-14)21(30)27-12-10-18(11-13-27)26-20(29)19(28)15-6-8-17(9-7-15)22(23,24)25/h2-9,18-19,28H,10-13H2,1H3,(H,26,29)/t19-/m1/s1. The molecular formula is C22H23F3N2O3. The molecule has 8 heteroatoms. The van der Waals surface area contributed by atoms with Crippen molar-refractivity contribution >= 4 is 11.8 Å². The van der Waals surface area contributed by atoms with Crippen molar-refractivity contribution in [1.29, 1.82) is 0 Å². The van der Waals surface area contributed by atoms with E-state index in [0.29, 0.717) is 31.5 Å². The molecule has 0 aliphatic carbocycles. The Labute approximate surface area is 172 Å². The summed E-state index contributed by atoms with van der Waals surface area (Å²) in [6.45, 7) is 2.88. The number of hydrogen-bond acceptors (Lipinski definition) is 3. The Balaban J connectivity index is 1.52. The summed E-state index contributed by atoms with van der Waals surface area (Å²) in [6, 6.07) is 11.0. The molecule has 2 aromatic carbocycles. The Kier molecular flexibility index (Phi) is 6.45. The number of piperidine rings is 1. The lowest BCUT2D eigenvalue weighted by molar-refractivity contribution is -0.137. The molecule has 0 aromatic heterocycles. The molecule has 1 heterocycles. The van der Waals surface area contributed by atoms with Crippen LogP contribution in [0.5, 0.6) is 0 Å². The van der Waals surface area contributed by atoms with E-state index in [1.165, 1.54) is 0 Å². The molecule has 30 heavy (non-hydrogen) atoms. The number of benzene rings is 2. The number of likely N-dealkylation sites (tertiary alicyclic amines) is 1. The minimum atomic E-state index is -4.48. The molecule has 1 fully saturated rings. The second-order valence-corrected chi connectivity index (χ2v) is 7.46. The van der Waals surface area contributed by atoms with Gasteiger partial charge < -0.3 is 15.3 Å². The normalized spacial score (nSPS) is 16.2. The predicted octanol–water partition coefficient (Wildman–Crippen LogP) is 3.47. The van der Waals surface area contributed by atoms with Gasteiger partial charge in [0.25, 0.3) is 11.8 Å². The Bertz CT molecular complexity index is 887. The van der Waals surface area contributed by atoms with Gasteiger partial charge in [-0.05, 0) is 49.6 Å². The Hall–Kier alpha value is -2.87. The van der Waals surface area contributed by atoms with E-state index in [-0.39, 0.29) is 17.5 Å². The zero-order valence-corrected chi connectivity index (χ0v) is 16.4. The van der Waals surface area contributed by atoms with E-state index in [2.05, 4.69) is 5.32 Å². The Morgan fingerprint density at radius 2 is 1.60 bits per heavy atom. The fourth-order valence-electron chi connectivity index (χ4n) is 3.39. The van der Waals surface area contributed by atoms with Crippen LogP contribution in [0.1, 0.15) is 46.0 Å². The molecule has 160 valence electrons. The van der Waals surface area contributed by atoms with Gasteiger partial charge in [-0.2, -0.15) is 13.2 Å². The van der Waals surface area contributed by atoms with Crippen LogP contribution in [-0.2, 0) is 11.0 Å². The first-order chi connectivity index (χ1) is 14.1. The van der Waals surface area contributed by atoms with E-state index in [1.54, 1.807) is 17.0 Å². The molecule has 1 saturated heterocycles. The van der Waals surface area contributed by atoms with Crippen LogP contribution >= 0.6 is 0 Å². The number of aliphatic hydroxyl groups is 1. The quantitative estimate of drug-likeness (QED) is 0.796. The van der Waals surface area contributed by atoms with Gasteiger partial charge in [-0.3, -0.25) is 9.59 Å². The molecule has 0 saturated carbocycles. The van der Waals surface area contributed by atoms with Crippen molar-refractivity contribution in [3.63, 3.8) is 0 Å². The van der Waals surface area contributed by atoms with Crippen molar-refractivity contribution in [2.24, 2.45) is 0 Å². The average molecular weight is 420 g/mol. The van der Waals surface area contributed by atoms with Gasteiger partial charge in [0, 0.05) is 24.7 Å². The number of rotatable bonds is 4. The van der Waals surface area contributed by atoms with Gasteiger partial charge in [0.2, 0.25) is 0 Å². The zero-order valence-electron chi connectivity index (χ0n) is 16.4. The predicted molar refractivity (Wildman–Crippen MR) is 105 cm³/mol. The smallest absolute Gasteiger partial charge is 0.378 e. The monoisotopic (exact) mass is 420 g/mol. The molecule has 2 amide bonds. The molecule has 0 unspecified atom stereocenters. The number of aryl methyl sites for hydroxylation is 1. The number of nitrogens with zero attached hydrogens (tertiary/aromatic N) is 1. The van der Waals surface area contributed by atoms with Crippen LogP contribution in [-0.4, -0.2) is 41.0 Å². The van der Waals surface area contributed by atoms with Crippen LogP contribution in [0.3, 0.4) is 0 Å². The van der Waals surface area contributed by atoms with Crippen LogP contribution in [0.25, 0.3) is 0 Å². The lowest BCUT2D eigenvalue weighted by atomic mass is 10.0. The van der Waals surface area contributed by atoms with Crippen LogP contribution in [0.4, 0.5) is 13.2 Å². The van der Waals surface area contributed by atoms with Crippen LogP contribution in [0.2, 0.25) is 0 Å². The third-order valence-electron chi connectivity index (χ3n) is 5.23. The topological polar surface area (TPSA) is 69.6 Å². The first-order valence-electron chi connectivity index (χ1n) is 9.66. The Morgan fingerprint density at radius 3 is 2.13 bits per heavy atom. The number of amides is 2. The number of hydrogen-bond donors (Lipinski definition) is 2. The molecule has 0 spiro atoms. The van der Waals surface area contributed by atoms with Crippen molar-refractivity contribution < 1.29 is 27.9 Å². The number of aliphatic hydroxyl groups excluding tert-OH is 1. The maximum absolute atomic E-state index is 12.6. The number of carbonyl (C=O) groups is 2. The molecule has 3 rings (SSSR count). The maximum Gasteiger partial charge on any atom is 0.416 e. The molecule has 1 aliphatic heterocycles. The molecule has 5 nitrogen and oxygen atoms in total. The minimum absolute atomic E-state index is 0.0652. The fourth-order valence-corrected chi connectivity index (χ4v) is 3.39. The molecule has 2 N–H and O–H groups in total. The van der Waals surface area contributed by atoms with Crippen molar-refractivity contribution in [2.75, 3.05) is 13.1 Å². The SMILES string of the molecule is Cc1ccc(C(=O)N2CCC(NC(=O)[C@H](O)c3ccc(C(F)(F)F)cc3)CC2)cc1. The second-order valence-electron chi connectivity index (χ2n) is 7.46. The second kappa shape index (κ2) is 8.87. The van der Waals surface area contributed by atoms with E-state index >= 15 is 0 Å². The summed E-state index contributed by atoms with van der Waals surface area (Å²) < 4.78 is 37.9. The number of halogens is 3. The van der Waals surface area contributed by atoms with E-state index in [1.807, 2.05) is 19.1 Å². The summed E-state index contributed by atoms with van der Waals surface area (Å²) in [6.07, 6.45) is -4.97. The van der Waals surface area contributed by atoms with E-state index in [9.17, 15) is 27.9 Å². The zero-order chi connectivity index (χ0) is 21.9. The van der Waals surface area contributed by atoms with Crippen LogP contribution in [0, 0.1) is 6.92 Å². The largest absolute Gasteiger partial charge is 0.416 e. The molecular weight excluding hydrogens is 397 g/mol. The van der Waals surface area contributed by atoms with Crippen molar-refractivity contribution in [3.8, 4) is 0 Å². The third kappa shape index (κ3) is 5.18. The first-order valence-corrected chi connectivity index (χ1v) is 9.66. The van der Waals surface area contributed by atoms with Gasteiger partial charge in [0.15, 0.2) is 6.10 Å². The van der Waals surface area contributed by atoms with Gasteiger partial charge in [-0.1, -0.05) is 29.8 Å². The highest BCUT2D eigenvalue weighted by Crippen LogP contribution is 2.30. The van der Waals surface area contributed by atoms with Crippen LogP contribution < -0.4 is 5.32 Å². The van der Waals surface area contributed by atoms with Crippen molar-refractivity contribution in [2.45, 2.75) is 38.1 Å². The van der Waals surface area contributed by atoms with Gasteiger partial charge in [-0.25, -0.2) is 0 Å². The molecule has 0 radical (unpaired) electrons. The first kappa shape index (κ1) is 21.8. The molecule has 1 atom stereocenters. The minimum Gasteiger partial charge on any atom is -0.378 e. The summed E-state index contributed by atoms with van der Waals surface area (Å²) in [5.74, 6) is -0.734. The third-order valence-corrected chi connectivity index (χ3v) is 5.23. The van der Waals surface area contributed by atoms with E-state index < -0.39 is 23.8 Å². The molecule has 0 bridgehead atoms. The van der Waals surface area contributed by atoms with E-state index in [0.717, 1.165) is 29.8 Å². The van der Waals surface area contributed by atoms with Crippen molar-refractivity contribution in [1.82, 2.24) is 10.2 Å². The number of nitrogens with one attached hydrogen (secondary N) is 1. The van der Waals surface area contributed by atoms with Gasteiger partial charge in [-0.15, -0.1) is 0 Å². The maximum atomic E-state index is 12.6. The highest BCUT2D eigenvalue weighted by molar-refractivity contribution is 5.94. The number of alkyl halides is 3. The summed E-state index contributed by atoms with van der Waals surface area (Å²) in [4.78, 5) is 26.6. The lowest BCUT2D eigenvalue weighted by Gasteiger charge is -2.33. The fraction of sp³-hybridized carbons (Fsp3) is 0.364. The van der Waals surface area contributed by atoms with Crippen LogP contribution in [0.15, 0.2) is 48.5 Å². The highest BCUT2D eigenvalue weighted by Gasteiger charge is 2.31. The number of carbonyl (C=O) groups excluding carboxylic acids is 2. The summed E-state index contributed by atoms with van der Waals surface area (Å²) in [5.41, 5.74) is 0.928. The summed E-state index contributed by atoms with van der Waals surface area (Å²) in [5, 5.41) is 12.9. The van der Waals surface area contributed by atoms with E-state index in [4.69, 9.17) is 0 Å². The average Bonchev–Trinajstić information content (AvgIpc) is 2.73. The van der Waals surface area contributed by atoms with Gasteiger partial charge in [0.1, 0.15) is 0 Å². The molecule has 1 aliphatic rings. The van der Waals surface area contributed by atoms with Gasteiger partial charge in [0.05, 0.1) is 5.56 Å². The van der Waals surface area contributed by atoms with Crippen molar-refractivity contribution in [3.05, 3.63) is 70.8 Å². The summed E-state index contributed by atoms with van der Waals surface area (Å²) >= 11 is 0.